The van der Waals surface area contributed by atoms with E-state index in [1.165, 1.54) is 0 Å². The average molecular weight is 252 g/mol. The van der Waals surface area contributed by atoms with Gasteiger partial charge in [-0.25, -0.2) is 10.8 Å². The van der Waals surface area contributed by atoms with Gasteiger partial charge in [0.15, 0.2) is 5.82 Å². The lowest BCUT2D eigenvalue weighted by Crippen LogP contribution is -2.13. The molecule has 0 atom stereocenters. The number of nitrogen functional groups attached to an aromatic ring is 1. The molecule has 0 aromatic carbocycles. The number of rotatable bonds is 5. The molecule has 4 N–H and O–H groups in total. The highest BCUT2D eigenvalue weighted by Gasteiger charge is 2.17. The van der Waals surface area contributed by atoms with Crippen molar-refractivity contribution in [2.75, 3.05) is 10.7 Å². The van der Waals surface area contributed by atoms with E-state index in [1.807, 2.05) is 0 Å². The minimum absolute atomic E-state index is 0.00718. The van der Waals surface area contributed by atoms with Crippen LogP contribution in [0.1, 0.15) is 5.82 Å². The molecule has 0 radical (unpaired) electrons. The second kappa shape index (κ2) is 5.01. The fraction of sp³-hybridized carbons (Fsp3) is 0.143. The summed E-state index contributed by atoms with van der Waals surface area (Å²) in [7, 11) is 0. The molecule has 11 heteroatoms. The summed E-state index contributed by atoms with van der Waals surface area (Å²) in [6, 6.07) is 0. The van der Waals surface area contributed by atoms with Crippen LogP contribution in [0.4, 0.5) is 17.5 Å². The van der Waals surface area contributed by atoms with Crippen molar-refractivity contribution in [2.45, 2.75) is 6.54 Å². The largest absolute Gasteiger partial charge is 0.357 e. The maximum atomic E-state index is 10.8. The van der Waals surface area contributed by atoms with E-state index in [9.17, 15) is 10.1 Å². The molecule has 18 heavy (non-hydrogen) atoms. The van der Waals surface area contributed by atoms with Gasteiger partial charge in [-0.1, -0.05) is 5.16 Å². The first-order valence-corrected chi connectivity index (χ1v) is 4.68. The first-order chi connectivity index (χ1) is 8.70. The monoisotopic (exact) mass is 252 g/mol. The number of hydrazine groups is 1. The van der Waals surface area contributed by atoms with Gasteiger partial charge in [-0.3, -0.25) is 15.5 Å². The van der Waals surface area contributed by atoms with E-state index in [2.05, 4.69) is 35.4 Å². The molecular weight excluding hydrogens is 244 g/mol. The second-order valence-electron chi connectivity index (χ2n) is 3.03. The van der Waals surface area contributed by atoms with E-state index in [0.717, 1.165) is 12.6 Å². The number of hydrogen-bond acceptors (Lipinski definition) is 10. The summed E-state index contributed by atoms with van der Waals surface area (Å²) >= 11 is 0. The summed E-state index contributed by atoms with van der Waals surface area (Å²) in [4.78, 5) is 21.4. The Kier molecular flexibility index (Phi) is 3.24. The van der Waals surface area contributed by atoms with Crippen LogP contribution in [-0.2, 0) is 6.54 Å². The zero-order chi connectivity index (χ0) is 13.0. The van der Waals surface area contributed by atoms with E-state index >= 15 is 0 Å². The topological polar surface area (TPSA) is 158 Å². The third-order valence-electron chi connectivity index (χ3n) is 1.92. The second-order valence-corrected chi connectivity index (χ2v) is 3.03. The Labute approximate surface area is 99.5 Å². The van der Waals surface area contributed by atoms with E-state index in [0.29, 0.717) is 5.82 Å². The number of anilines is 2. The number of nitrogens with two attached hydrogens (primary N) is 1. The molecule has 0 bridgehead atoms. The first kappa shape index (κ1) is 11.7. The van der Waals surface area contributed by atoms with Crippen molar-refractivity contribution in [1.82, 2.24) is 20.1 Å². The van der Waals surface area contributed by atoms with Gasteiger partial charge in [0.05, 0.1) is 11.5 Å². The quantitative estimate of drug-likeness (QED) is 0.365. The Hall–Kier alpha value is -2.82. The van der Waals surface area contributed by atoms with Gasteiger partial charge < -0.3 is 9.84 Å². The highest BCUT2D eigenvalue weighted by molar-refractivity contribution is 5.56. The van der Waals surface area contributed by atoms with Crippen LogP contribution in [-0.4, -0.2) is 25.0 Å². The van der Waals surface area contributed by atoms with Gasteiger partial charge in [0.1, 0.15) is 6.20 Å². The van der Waals surface area contributed by atoms with Crippen molar-refractivity contribution < 1.29 is 9.45 Å². The van der Waals surface area contributed by atoms with E-state index in [-0.39, 0.29) is 24.0 Å². The van der Waals surface area contributed by atoms with Crippen molar-refractivity contribution in [2.24, 2.45) is 5.84 Å². The fourth-order valence-corrected chi connectivity index (χ4v) is 1.14. The third kappa shape index (κ3) is 2.46. The zero-order valence-electron chi connectivity index (χ0n) is 8.90. The minimum atomic E-state index is -0.612. The van der Waals surface area contributed by atoms with Gasteiger partial charge in [-0.15, -0.1) is 0 Å². The Bertz CT molecular complexity index is 542. The molecule has 0 saturated heterocycles. The SMILES string of the molecule is NNc1ncc([N+](=O)[O-])c(NCc2ncon2)n1. The van der Waals surface area contributed by atoms with Crippen LogP contribution in [0.2, 0.25) is 0 Å². The van der Waals surface area contributed by atoms with Crippen molar-refractivity contribution in [1.29, 1.82) is 0 Å². The molecule has 11 nitrogen and oxygen atoms in total. The molecular formula is C7H8N8O3. The Balaban J connectivity index is 2.20. The summed E-state index contributed by atoms with van der Waals surface area (Å²) in [5.41, 5.74) is 1.91. The molecule has 0 aliphatic carbocycles. The third-order valence-corrected chi connectivity index (χ3v) is 1.92. The number of nitro groups is 1. The smallest absolute Gasteiger partial charge is 0.329 e. The normalized spacial score (nSPS) is 10.1. The molecule has 2 rings (SSSR count). The van der Waals surface area contributed by atoms with Gasteiger partial charge in [-0.05, 0) is 0 Å². The summed E-state index contributed by atoms with van der Waals surface area (Å²) < 4.78 is 4.53. The number of nitrogens with one attached hydrogen (secondary N) is 2. The maximum Gasteiger partial charge on any atom is 0.329 e. The molecule has 0 unspecified atom stereocenters. The summed E-state index contributed by atoms with van der Waals surface area (Å²) in [6.45, 7) is 0.123. The van der Waals surface area contributed by atoms with Crippen molar-refractivity contribution in [3.8, 4) is 0 Å². The molecule has 2 heterocycles. The van der Waals surface area contributed by atoms with Crippen molar-refractivity contribution >= 4 is 17.5 Å². The van der Waals surface area contributed by atoms with Crippen LogP contribution in [0.3, 0.4) is 0 Å². The number of hydrogen-bond donors (Lipinski definition) is 3. The van der Waals surface area contributed by atoms with Crippen LogP contribution in [0.5, 0.6) is 0 Å². The van der Waals surface area contributed by atoms with Crippen LogP contribution in [0, 0.1) is 10.1 Å². The molecule has 0 saturated carbocycles. The molecule has 0 amide bonds. The predicted molar refractivity (Wildman–Crippen MR) is 58.1 cm³/mol. The fourth-order valence-electron chi connectivity index (χ4n) is 1.14. The number of aromatic nitrogens is 4. The standard InChI is InChI=1S/C7H8N8O3/c8-13-7-10-1-4(15(16)17)6(12-7)9-2-5-11-3-18-14-5/h1,3H,2,8H2,(H2,9,10,12,13). The first-order valence-electron chi connectivity index (χ1n) is 4.68. The van der Waals surface area contributed by atoms with Gasteiger partial charge in [0, 0.05) is 0 Å². The van der Waals surface area contributed by atoms with Crippen LogP contribution < -0.4 is 16.6 Å². The lowest BCUT2D eigenvalue weighted by atomic mass is 10.4. The Morgan fingerprint density at radius 2 is 2.33 bits per heavy atom. The summed E-state index contributed by atoms with van der Waals surface area (Å²) in [5, 5.41) is 17.0. The van der Waals surface area contributed by atoms with Crippen LogP contribution >= 0.6 is 0 Å². The molecule has 94 valence electrons. The average Bonchev–Trinajstić information content (AvgIpc) is 2.88. The van der Waals surface area contributed by atoms with Crippen molar-refractivity contribution in [3.63, 3.8) is 0 Å². The molecule has 0 aliphatic rings. The molecule has 0 spiro atoms. The van der Waals surface area contributed by atoms with Gasteiger partial charge in [-0.2, -0.15) is 9.97 Å². The molecule has 0 aliphatic heterocycles. The Morgan fingerprint density at radius 3 is 2.94 bits per heavy atom. The Morgan fingerprint density at radius 1 is 1.50 bits per heavy atom. The van der Waals surface area contributed by atoms with Gasteiger partial charge >= 0.3 is 5.69 Å². The molecule has 2 aromatic heterocycles. The van der Waals surface area contributed by atoms with E-state index in [4.69, 9.17) is 5.84 Å². The lowest BCUT2D eigenvalue weighted by Gasteiger charge is -2.05. The predicted octanol–water partition coefficient (Wildman–Crippen LogP) is -0.335. The minimum Gasteiger partial charge on any atom is -0.357 e. The van der Waals surface area contributed by atoms with E-state index in [1.54, 1.807) is 0 Å². The zero-order valence-corrected chi connectivity index (χ0v) is 8.90. The summed E-state index contributed by atoms with van der Waals surface area (Å²) in [6.07, 6.45) is 2.19. The molecule has 2 aromatic rings. The summed E-state index contributed by atoms with van der Waals surface area (Å²) in [5.74, 6) is 5.52. The van der Waals surface area contributed by atoms with Crippen LogP contribution in [0.15, 0.2) is 17.1 Å². The number of nitrogens with zero attached hydrogens (tertiary/aromatic N) is 5. The van der Waals surface area contributed by atoms with E-state index < -0.39 is 4.92 Å². The van der Waals surface area contributed by atoms with Gasteiger partial charge in [0.25, 0.3) is 0 Å². The highest BCUT2D eigenvalue weighted by Crippen LogP contribution is 2.21. The lowest BCUT2D eigenvalue weighted by molar-refractivity contribution is -0.384. The van der Waals surface area contributed by atoms with Gasteiger partial charge in [0.2, 0.25) is 18.2 Å². The molecule has 0 fully saturated rings. The highest BCUT2D eigenvalue weighted by atomic mass is 16.6. The maximum absolute atomic E-state index is 10.8. The van der Waals surface area contributed by atoms with Crippen molar-refractivity contribution in [3.05, 3.63) is 28.5 Å². The van der Waals surface area contributed by atoms with Crippen LogP contribution in [0.25, 0.3) is 0 Å².